The van der Waals surface area contributed by atoms with Gasteiger partial charge in [0.1, 0.15) is 11.6 Å². The third kappa shape index (κ3) is 4.44. The molecule has 0 amide bonds. The third-order valence-electron chi connectivity index (χ3n) is 4.22. The van der Waals surface area contributed by atoms with Gasteiger partial charge in [0.15, 0.2) is 0 Å². The number of rotatable bonds is 6. The molecule has 31 heavy (non-hydrogen) atoms. The van der Waals surface area contributed by atoms with Crippen molar-refractivity contribution in [2.24, 2.45) is 0 Å². The summed E-state index contributed by atoms with van der Waals surface area (Å²) in [6, 6.07) is 17.5. The third-order valence-corrected chi connectivity index (χ3v) is 5.04. The van der Waals surface area contributed by atoms with Crippen LogP contribution in [-0.2, 0) is 0 Å². The van der Waals surface area contributed by atoms with Gasteiger partial charge in [-0.15, -0.1) is 0 Å². The maximum atomic E-state index is 14.3. The lowest BCUT2D eigenvalue weighted by Crippen LogP contribution is -2.06. The zero-order chi connectivity index (χ0) is 21.8. The van der Waals surface area contributed by atoms with Crippen molar-refractivity contribution >= 4 is 44.3 Å². The van der Waals surface area contributed by atoms with E-state index in [1.165, 1.54) is 18.3 Å². The first-order valence-corrected chi connectivity index (χ1v) is 9.82. The minimum atomic E-state index is -0.613. The van der Waals surface area contributed by atoms with Crippen molar-refractivity contribution in [2.75, 3.05) is 10.6 Å². The molecule has 0 spiro atoms. The van der Waals surface area contributed by atoms with E-state index in [-0.39, 0.29) is 29.2 Å². The molecular weight excluding hydrogens is 463 g/mol. The fraction of sp³-hybridized carbons (Fsp3) is 0. The highest BCUT2D eigenvalue weighted by Crippen LogP contribution is 2.35. The average Bonchev–Trinajstić information content (AvgIpc) is 2.77. The van der Waals surface area contributed by atoms with Crippen LogP contribution in [-0.4, -0.2) is 15.0 Å². The number of ether oxygens (including phenoxy) is 1. The van der Waals surface area contributed by atoms with Gasteiger partial charge in [0.2, 0.25) is 11.9 Å². The Kier molecular flexibility index (Phi) is 5.73. The summed E-state index contributed by atoms with van der Waals surface area (Å²) < 4.78 is 20.9. The predicted octanol–water partition coefficient (Wildman–Crippen LogP) is 5.89. The summed E-state index contributed by atoms with van der Waals surface area (Å²) in [4.78, 5) is 12.6. The Bertz CT molecular complexity index is 1340. The largest absolute Gasteiger partial charge is 0.423 e. The monoisotopic (exact) mass is 476 g/mol. The Morgan fingerprint density at radius 3 is 2.65 bits per heavy atom. The first-order valence-electron chi connectivity index (χ1n) is 9.02. The van der Waals surface area contributed by atoms with Crippen molar-refractivity contribution in [3.63, 3.8) is 0 Å². The lowest BCUT2D eigenvalue weighted by atomic mass is 10.1. The van der Waals surface area contributed by atoms with Gasteiger partial charge in [0.25, 0.3) is 0 Å². The van der Waals surface area contributed by atoms with Crippen LogP contribution in [0.25, 0.3) is 10.8 Å². The SMILES string of the molecule is C=CNc1nc(Nc2ccc(C#N)cc2F)nc(Oc2ccc3ccccc3c2Br)n1. The van der Waals surface area contributed by atoms with Crippen molar-refractivity contribution in [1.29, 1.82) is 5.26 Å². The molecule has 0 atom stereocenters. The molecule has 0 radical (unpaired) electrons. The normalized spacial score (nSPS) is 10.4. The molecule has 4 aromatic rings. The summed E-state index contributed by atoms with van der Waals surface area (Å²) in [5.41, 5.74) is 0.311. The fourth-order valence-electron chi connectivity index (χ4n) is 2.81. The molecule has 0 saturated heterocycles. The number of hydrogen-bond donors (Lipinski definition) is 2. The molecular formula is C22H14BrFN6O. The van der Waals surface area contributed by atoms with E-state index in [2.05, 4.69) is 48.1 Å². The minimum absolute atomic E-state index is 0.00751. The maximum Gasteiger partial charge on any atom is 0.328 e. The zero-order valence-corrected chi connectivity index (χ0v) is 17.5. The lowest BCUT2D eigenvalue weighted by molar-refractivity contribution is 0.440. The molecule has 0 bridgehead atoms. The van der Waals surface area contributed by atoms with Gasteiger partial charge in [-0.2, -0.15) is 20.2 Å². The number of nitrogens with zero attached hydrogens (tertiary/aromatic N) is 4. The molecule has 1 heterocycles. The van der Waals surface area contributed by atoms with Crippen LogP contribution >= 0.6 is 15.9 Å². The first kappa shape index (κ1) is 20.3. The maximum absolute atomic E-state index is 14.3. The number of nitriles is 1. The van der Waals surface area contributed by atoms with Crippen molar-refractivity contribution in [2.45, 2.75) is 0 Å². The second kappa shape index (κ2) is 8.77. The van der Waals surface area contributed by atoms with E-state index in [9.17, 15) is 4.39 Å². The molecule has 7 nitrogen and oxygen atoms in total. The smallest absolute Gasteiger partial charge is 0.328 e. The van der Waals surface area contributed by atoms with Crippen LogP contribution in [0.3, 0.4) is 0 Å². The summed E-state index contributed by atoms with van der Waals surface area (Å²) in [6.45, 7) is 3.59. The average molecular weight is 477 g/mol. The summed E-state index contributed by atoms with van der Waals surface area (Å²) in [5, 5.41) is 16.5. The highest BCUT2D eigenvalue weighted by Gasteiger charge is 2.13. The van der Waals surface area contributed by atoms with Crippen molar-refractivity contribution in [3.8, 4) is 17.8 Å². The molecule has 9 heteroatoms. The second-order valence-electron chi connectivity index (χ2n) is 6.25. The van der Waals surface area contributed by atoms with E-state index >= 15 is 0 Å². The van der Waals surface area contributed by atoms with Crippen molar-refractivity contribution in [3.05, 3.63) is 83.2 Å². The number of fused-ring (bicyclic) bond motifs is 1. The van der Waals surface area contributed by atoms with Gasteiger partial charge in [-0.1, -0.05) is 36.9 Å². The van der Waals surface area contributed by atoms with E-state index in [0.717, 1.165) is 21.3 Å². The highest BCUT2D eigenvalue weighted by molar-refractivity contribution is 9.10. The molecule has 0 aliphatic heterocycles. The molecule has 1 aromatic heterocycles. The lowest BCUT2D eigenvalue weighted by Gasteiger charge is -2.12. The van der Waals surface area contributed by atoms with Gasteiger partial charge in [-0.05, 0) is 57.2 Å². The van der Waals surface area contributed by atoms with E-state index in [0.29, 0.717) is 5.75 Å². The molecule has 0 fully saturated rings. The summed E-state index contributed by atoms with van der Waals surface area (Å²) in [5.74, 6) is 0.103. The number of hydrogen-bond acceptors (Lipinski definition) is 7. The van der Waals surface area contributed by atoms with E-state index in [1.54, 1.807) is 6.07 Å². The van der Waals surface area contributed by atoms with Gasteiger partial charge in [-0.25, -0.2) is 4.39 Å². The Balaban J connectivity index is 1.68. The van der Waals surface area contributed by atoms with Crippen molar-refractivity contribution in [1.82, 2.24) is 15.0 Å². The second-order valence-corrected chi connectivity index (χ2v) is 7.04. The van der Waals surface area contributed by atoms with Crippen LogP contribution in [0.4, 0.5) is 22.0 Å². The molecule has 0 aliphatic rings. The van der Waals surface area contributed by atoms with Gasteiger partial charge < -0.3 is 15.4 Å². The summed E-state index contributed by atoms with van der Waals surface area (Å²) in [6.07, 6.45) is 1.40. The quantitative estimate of drug-likeness (QED) is 0.358. The standard InChI is InChI=1S/C22H14BrFN6O/c1-2-26-20-28-21(27-17-9-7-13(12-25)11-16(17)24)30-22(29-20)31-18-10-8-14-5-3-4-6-15(14)19(18)23/h2-11H,1H2,(H2,26,27,28,29,30). The van der Waals surface area contributed by atoms with Crippen molar-refractivity contribution < 1.29 is 9.13 Å². The molecule has 4 rings (SSSR count). The van der Waals surface area contributed by atoms with Gasteiger partial charge in [-0.3, -0.25) is 0 Å². The molecule has 3 aromatic carbocycles. The Labute approximate surface area is 185 Å². The Morgan fingerprint density at radius 2 is 1.87 bits per heavy atom. The summed E-state index contributed by atoms with van der Waals surface area (Å²) in [7, 11) is 0. The summed E-state index contributed by atoms with van der Waals surface area (Å²) >= 11 is 3.56. The molecule has 2 N–H and O–H groups in total. The fourth-order valence-corrected chi connectivity index (χ4v) is 3.39. The molecule has 152 valence electrons. The number of halogens is 2. The highest BCUT2D eigenvalue weighted by atomic mass is 79.9. The van der Waals surface area contributed by atoms with Crippen LogP contribution in [0, 0.1) is 17.1 Å². The molecule has 0 saturated carbocycles. The predicted molar refractivity (Wildman–Crippen MR) is 120 cm³/mol. The van der Waals surface area contributed by atoms with Gasteiger partial charge >= 0.3 is 6.01 Å². The number of nitrogens with one attached hydrogen (secondary N) is 2. The van der Waals surface area contributed by atoms with Gasteiger partial charge in [0.05, 0.1) is 21.8 Å². The van der Waals surface area contributed by atoms with E-state index in [4.69, 9.17) is 10.00 Å². The number of aromatic nitrogens is 3. The van der Waals surface area contributed by atoms with Crippen LogP contribution in [0.1, 0.15) is 5.56 Å². The molecule has 0 aliphatic carbocycles. The van der Waals surface area contributed by atoms with Gasteiger partial charge in [0, 0.05) is 0 Å². The van der Waals surface area contributed by atoms with E-state index in [1.807, 2.05) is 36.4 Å². The van der Waals surface area contributed by atoms with Crippen LogP contribution < -0.4 is 15.4 Å². The zero-order valence-electron chi connectivity index (χ0n) is 15.9. The van der Waals surface area contributed by atoms with Crippen LogP contribution in [0.5, 0.6) is 11.8 Å². The minimum Gasteiger partial charge on any atom is -0.423 e. The number of anilines is 3. The number of benzene rings is 3. The molecule has 0 unspecified atom stereocenters. The topological polar surface area (TPSA) is 95.8 Å². The Morgan fingerprint density at radius 1 is 1.06 bits per heavy atom. The van der Waals surface area contributed by atoms with Crippen LogP contribution in [0.15, 0.2) is 71.8 Å². The van der Waals surface area contributed by atoms with Crippen LogP contribution in [0.2, 0.25) is 0 Å². The van der Waals surface area contributed by atoms with E-state index < -0.39 is 5.82 Å². The Hall–Kier alpha value is -4.03. The first-order chi connectivity index (χ1) is 15.1.